The molecule has 1 unspecified atom stereocenters. The molecule has 1 aromatic carbocycles. The first-order valence-corrected chi connectivity index (χ1v) is 6.90. The summed E-state index contributed by atoms with van der Waals surface area (Å²) in [5, 5.41) is 12.2. The zero-order valence-electron chi connectivity index (χ0n) is 12.2. The second-order valence-corrected chi connectivity index (χ2v) is 4.99. The molecule has 0 aliphatic heterocycles. The lowest BCUT2D eigenvalue weighted by Gasteiger charge is -2.27. The van der Waals surface area contributed by atoms with E-state index in [0.29, 0.717) is 18.7 Å². The van der Waals surface area contributed by atoms with Crippen LogP contribution >= 0.6 is 0 Å². The number of nitrogens with two attached hydrogens (primary N) is 1. The summed E-state index contributed by atoms with van der Waals surface area (Å²) in [5.41, 5.74) is 5.46. The summed E-state index contributed by atoms with van der Waals surface area (Å²) in [7, 11) is 0. The molecule has 1 rings (SSSR count). The molecule has 0 saturated heterocycles. The molecule has 5 nitrogen and oxygen atoms in total. The molecule has 1 aromatic rings. The number of hydrogen-bond acceptors (Lipinski definition) is 4. The summed E-state index contributed by atoms with van der Waals surface area (Å²) in [4.78, 5) is 11.6. The monoisotopic (exact) mass is 280 g/mol. The Morgan fingerprint density at radius 1 is 1.45 bits per heavy atom. The van der Waals surface area contributed by atoms with E-state index in [2.05, 4.69) is 5.32 Å². The van der Waals surface area contributed by atoms with E-state index in [1.165, 1.54) is 0 Å². The number of primary amides is 1. The van der Waals surface area contributed by atoms with Gasteiger partial charge in [0, 0.05) is 6.61 Å². The summed E-state index contributed by atoms with van der Waals surface area (Å²) in [6.45, 7) is 4.67. The molecule has 1 atom stereocenters. The number of carbonyl (C=O) groups excluding carboxylic acids is 1. The number of ether oxygens (including phenoxy) is 1. The number of carbonyl (C=O) groups is 1. The first-order chi connectivity index (χ1) is 9.53. The first kappa shape index (κ1) is 16.5. The minimum absolute atomic E-state index is 0.0571. The Labute approximate surface area is 120 Å². The third kappa shape index (κ3) is 4.51. The van der Waals surface area contributed by atoms with Crippen molar-refractivity contribution in [3.8, 4) is 5.75 Å². The third-order valence-electron chi connectivity index (χ3n) is 3.18. The summed E-state index contributed by atoms with van der Waals surface area (Å²) < 4.78 is 5.74. The summed E-state index contributed by atoms with van der Waals surface area (Å²) in [6, 6.07) is 7.47. The first-order valence-electron chi connectivity index (χ1n) is 6.90. The van der Waals surface area contributed by atoms with Crippen LogP contribution in [0.15, 0.2) is 24.3 Å². The number of para-hydroxylation sites is 1. The molecule has 4 N–H and O–H groups in total. The molecular formula is C15H24N2O3. The standard InChI is InChI=1S/C15H24N2O3/c1-3-9-17-15(2,14(16)19)11-20-13-7-5-4-6-12(13)8-10-18/h4-7,17-18H,3,8-11H2,1-2H3,(H2,16,19). The maximum absolute atomic E-state index is 11.6. The van der Waals surface area contributed by atoms with Crippen LogP contribution in [0, 0.1) is 0 Å². The van der Waals surface area contributed by atoms with Gasteiger partial charge in [0.15, 0.2) is 0 Å². The zero-order valence-corrected chi connectivity index (χ0v) is 12.2. The van der Waals surface area contributed by atoms with E-state index < -0.39 is 11.4 Å². The molecule has 0 aliphatic carbocycles. The van der Waals surface area contributed by atoms with Crippen LogP contribution in [0.2, 0.25) is 0 Å². The van der Waals surface area contributed by atoms with Gasteiger partial charge in [0.25, 0.3) is 0 Å². The van der Waals surface area contributed by atoms with Crippen molar-refractivity contribution in [2.75, 3.05) is 19.8 Å². The maximum atomic E-state index is 11.6. The van der Waals surface area contributed by atoms with Crippen molar-refractivity contribution in [3.63, 3.8) is 0 Å². The van der Waals surface area contributed by atoms with Gasteiger partial charge in [-0.05, 0) is 37.9 Å². The second-order valence-electron chi connectivity index (χ2n) is 4.99. The Morgan fingerprint density at radius 3 is 2.75 bits per heavy atom. The molecule has 1 amide bonds. The van der Waals surface area contributed by atoms with E-state index in [9.17, 15) is 4.79 Å². The highest BCUT2D eigenvalue weighted by Gasteiger charge is 2.31. The van der Waals surface area contributed by atoms with Gasteiger partial charge < -0.3 is 20.9 Å². The van der Waals surface area contributed by atoms with Crippen molar-refractivity contribution in [2.45, 2.75) is 32.2 Å². The quantitative estimate of drug-likeness (QED) is 0.626. The summed E-state index contributed by atoms with van der Waals surface area (Å²) in [5.74, 6) is 0.234. The largest absolute Gasteiger partial charge is 0.491 e. The number of rotatable bonds is 9. The van der Waals surface area contributed by atoms with Gasteiger partial charge in [-0.25, -0.2) is 0 Å². The predicted octanol–water partition coefficient (Wildman–Crippen LogP) is 0.844. The van der Waals surface area contributed by atoms with Crippen LogP contribution in [-0.2, 0) is 11.2 Å². The van der Waals surface area contributed by atoms with Crippen molar-refractivity contribution in [3.05, 3.63) is 29.8 Å². The van der Waals surface area contributed by atoms with Crippen molar-refractivity contribution in [1.29, 1.82) is 0 Å². The fourth-order valence-electron chi connectivity index (χ4n) is 1.80. The van der Waals surface area contributed by atoms with E-state index >= 15 is 0 Å². The van der Waals surface area contributed by atoms with E-state index in [4.69, 9.17) is 15.6 Å². The van der Waals surface area contributed by atoms with E-state index in [1.807, 2.05) is 31.2 Å². The van der Waals surface area contributed by atoms with Crippen LogP contribution in [0.4, 0.5) is 0 Å². The molecule has 0 heterocycles. The minimum Gasteiger partial charge on any atom is -0.491 e. The lowest BCUT2D eigenvalue weighted by Crippen LogP contribution is -2.57. The van der Waals surface area contributed by atoms with Gasteiger partial charge in [0.1, 0.15) is 17.9 Å². The van der Waals surface area contributed by atoms with E-state index in [-0.39, 0.29) is 13.2 Å². The van der Waals surface area contributed by atoms with Crippen LogP contribution < -0.4 is 15.8 Å². The molecular weight excluding hydrogens is 256 g/mol. The Hall–Kier alpha value is -1.59. The van der Waals surface area contributed by atoms with E-state index in [1.54, 1.807) is 6.92 Å². The van der Waals surface area contributed by atoms with Crippen molar-refractivity contribution < 1.29 is 14.6 Å². The lowest BCUT2D eigenvalue weighted by molar-refractivity contribution is -0.125. The highest BCUT2D eigenvalue weighted by atomic mass is 16.5. The Balaban J connectivity index is 2.74. The highest BCUT2D eigenvalue weighted by Crippen LogP contribution is 2.19. The minimum atomic E-state index is -0.900. The van der Waals surface area contributed by atoms with Gasteiger partial charge in [-0.1, -0.05) is 25.1 Å². The molecule has 0 spiro atoms. The number of nitrogens with one attached hydrogen (secondary N) is 1. The SMILES string of the molecule is CCCNC(C)(COc1ccccc1CCO)C(N)=O. The third-order valence-corrected chi connectivity index (χ3v) is 3.18. The molecule has 112 valence electrons. The number of benzene rings is 1. The van der Waals surface area contributed by atoms with Gasteiger partial charge in [-0.2, -0.15) is 0 Å². The molecule has 0 fully saturated rings. The Bertz CT molecular complexity index is 437. The van der Waals surface area contributed by atoms with Crippen LogP contribution in [0.1, 0.15) is 25.8 Å². The van der Waals surface area contributed by atoms with Gasteiger partial charge in [0.05, 0.1) is 0 Å². The van der Waals surface area contributed by atoms with Crippen molar-refractivity contribution in [1.82, 2.24) is 5.32 Å². The second kappa shape index (κ2) is 7.87. The average molecular weight is 280 g/mol. The van der Waals surface area contributed by atoms with Crippen molar-refractivity contribution >= 4 is 5.91 Å². The van der Waals surface area contributed by atoms with Crippen LogP contribution in [0.25, 0.3) is 0 Å². The fourth-order valence-corrected chi connectivity index (χ4v) is 1.80. The molecule has 0 radical (unpaired) electrons. The van der Waals surface area contributed by atoms with Crippen LogP contribution in [-0.4, -0.2) is 36.3 Å². The zero-order chi connectivity index (χ0) is 15.0. The maximum Gasteiger partial charge on any atom is 0.240 e. The molecule has 20 heavy (non-hydrogen) atoms. The van der Waals surface area contributed by atoms with Crippen molar-refractivity contribution in [2.24, 2.45) is 5.73 Å². The summed E-state index contributed by atoms with van der Waals surface area (Å²) >= 11 is 0. The number of hydrogen-bond donors (Lipinski definition) is 3. The molecule has 0 aliphatic rings. The highest BCUT2D eigenvalue weighted by molar-refractivity contribution is 5.84. The molecule has 5 heteroatoms. The average Bonchev–Trinajstić information content (AvgIpc) is 2.44. The van der Waals surface area contributed by atoms with Crippen LogP contribution in [0.5, 0.6) is 5.75 Å². The molecule has 0 aromatic heterocycles. The number of aliphatic hydroxyl groups excluding tert-OH is 1. The van der Waals surface area contributed by atoms with Gasteiger partial charge in [-0.15, -0.1) is 0 Å². The van der Waals surface area contributed by atoms with Gasteiger partial charge in [0.2, 0.25) is 5.91 Å². The topological polar surface area (TPSA) is 84.6 Å². The van der Waals surface area contributed by atoms with Crippen LogP contribution in [0.3, 0.4) is 0 Å². The van der Waals surface area contributed by atoms with E-state index in [0.717, 1.165) is 12.0 Å². The Kier molecular flexibility index (Phi) is 6.48. The summed E-state index contributed by atoms with van der Waals surface area (Å²) in [6.07, 6.45) is 1.43. The Morgan fingerprint density at radius 2 is 2.15 bits per heavy atom. The smallest absolute Gasteiger partial charge is 0.240 e. The number of aliphatic hydroxyl groups is 1. The van der Waals surface area contributed by atoms with Gasteiger partial charge in [-0.3, -0.25) is 4.79 Å². The predicted molar refractivity (Wildman–Crippen MR) is 78.6 cm³/mol. The normalized spacial score (nSPS) is 13.8. The lowest BCUT2D eigenvalue weighted by atomic mass is 10.0. The number of amides is 1. The fraction of sp³-hybridized carbons (Fsp3) is 0.533. The molecule has 0 bridgehead atoms. The van der Waals surface area contributed by atoms with Gasteiger partial charge >= 0.3 is 0 Å². The molecule has 0 saturated carbocycles.